The van der Waals surface area contributed by atoms with Crippen LogP contribution < -0.4 is 19.1 Å². The number of rotatable bonds is 5. The van der Waals surface area contributed by atoms with E-state index in [-0.39, 0.29) is 6.61 Å². The van der Waals surface area contributed by atoms with Gasteiger partial charge < -0.3 is 24.2 Å². The van der Waals surface area contributed by atoms with Gasteiger partial charge in [-0.05, 0) is 6.42 Å². The van der Waals surface area contributed by atoms with E-state index in [4.69, 9.17) is 14.2 Å². The fraction of sp³-hybridized carbons (Fsp3) is 0.571. The van der Waals surface area contributed by atoms with E-state index in [1.807, 2.05) is 12.1 Å². The topological polar surface area (TPSA) is 51.2 Å². The minimum Gasteiger partial charge on any atom is -0.493 e. The van der Waals surface area contributed by atoms with Gasteiger partial charge in [-0.1, -0.05) is 0 Å². The quantitative estimate of drug-likeness (QED) is 0.877. The van der Waals surface area contributed by atoms with E-state index in [2.05, 4.69) is 4.90 Å². The van der Waals surface area contributed by atoms with Gasteiger partial charge >= 0.3 is 0 Å². The van der Waals surface area contributed by atoms with Crippen LogP contribution in [0.4, 0.5) is 5.69 Å². The zero-order chi connectivity index (χ0) is 13.8. The Morgan fingerprint density at radius 2 is 1.79 bits per heavy atom. The third-order valence-electron chi connectivity index (χ3n) is 3.56. The molecule has 0 aliphatic carbocycles. The van der Waals surface area contributed by atoms with Crippen LogP contribution in [0, 0.1) is 5.92 Å². The summed E-state index contributed by atoms with van der Waals surface area (Å²) in [5.74, 6) is 2.26. The standard InChI is InChI=1S/C14H21NO4/c1-17-12-6-11(7-13(18-2)14(12)19-3)15-5-4-10(8-15)9-16/h6-7,10,16H,4-5,8-9H2,1-3H3. The Bertz CT molecular complexity index is 410. The van der Waals surface area contributed by atoms with Crippen LogP contribution in [0.5, 0.6) is 17.2 Å². The Hall–Kier alpha value is -1.62. The minimum atomic E-state index is 0.237. The average Bonchev–Trinajstić information content (AvgIpc) is 2.94. The highest BCUT2D eigenvalue weighted by atomic mass is 16.5. The van der Waals surface area contributed by atoms with Crippen LogP contribution >= 0.6 is 0 Å². The van der Waals surface area contributed by atoms with Crippen molar-refractivity contribution in [2.45, 2.75) is 6.42 Å². The molecule has 5 heteroatoms. The maximum absolute atomic E-state index is 9.22. The molecule has 1 aromatic rings. The maximum Gasteiger partial charge on any atom is 0.203 e. The first-order chi connectivity index (χ1) is 9.23. The molecule has 2 rings (SSSR count). The highest BCUT2D eigenvalue weighted by Gasteiger charge is 2.24. The molecule has 1 fully saturated rings. The second kappa shape index (κ2) is 6.02. The van der Waals surface area contributed by atoms with Crippen molar-refractivity contribution in [2.75, 3.05) is 45.9 Å². The van der Waals surface area contributed by atoms with E-state index >= 15 is 0 Å². The molecule has 1 aliphatic rings. The smallest absolute Gasteiger partial charge is 0.203 e. The summed E-state index contributed by atoms with van der Waals surface area (Å²) in [6.07, 6.45) is 1.01. The number of aliphatic hydroxyl groups excluding tert-OH is 1. The van der Waals surface area contributed by atoms with Gasteiger partial charge in [-0.25, -0.2) is 0 Å². The van der Waals surface area contributed by atoms with E-state index in [1.165, 1.54) is 0 Å². The van der Waals surface area contributed by atoms with Gasteiger partial charge in [0.05, 0.1) is 21.3 Å². The van der Waals surface area contributed by atoms with E-state index in [9.17, 15) is 5.11 Å². The van der Waals surface area contributed by atoms with Crippen LogP contribution in [0.3, 0.4) is 0 Å². The molecular formula is C14H21NO4. The first-order valence-corrected chi connectivity index (χ1v) is 6.39. The number of aliphatic hydroxyl groups is 1. The molecule has 1 saturated heterocycles. The lowest BCUT2D eigenvalue weighted by Gasteiger charge is -2.21. The van der Waals surface area contributed by atoms with Gasteiger partial charge in [0.25, 0.3) is 0 Å². The molecule has 1 aliphatic heterocycles. The van der Waals surface area contributed by atoms with Crippen molar-refractivity contribution in [3.05, 3.63) is 12.1 Å². The van der Waals surface area contributed by atoms with Crippen LogP contribution in [0.25, 0.3) is 0 Å². The molecule has 0 spiro atoms. The molecule has 1 atom stereocenters. The highest BCUT2D eigenvalue weighted by Crippen LogP contribution is 2.41. The largest absolute Gasteiger partial charge is 0.493 e. The van der Waals surface area contributed by atoms with Crippen molar-refractivity contribution in [1.82, 2.24) is 0 Å². The summed E-state index contributed by atoms with van der Waals surface area (Å²) < 4.78 is 16.0. The second-order valence-electron chi connectivity index (χ2n) is 4.67. The lowest BCUT2D eigenvalue weighted by atomic mass is 10.1. The van der Waals surface area contributed by atoms with Crippen molar-refractivity contribution in [3.8, 4) is 17.2 Å². The normalized spacial score (nSPS) is 18.5. The Balaban J connectivity index is 2.31. The van der Waals surface area contributed by atoms with Gasteiger partial charge in [0.1, 0.15) is 0 Å². The molecule has 1 N–H and O–H groups in total. The average molecular weight is 267 g/mol. The summed E-state index contributed by atoms with van der Waals surface area (Å²) in [6.45, 7) is 2.03. The Morgan fingerprint density at radius 1 is 1.16 bits per heavy atom. The minimum absolute atomic E-state index is 0.237. The van der Waals surface area contributed by atoms with Crippen LogP contribution in [-0.2, 0) is 0 Å². The summed E-state index contributed by atoms with van der Waals surface area (Å²) in [6, 6.07) is 3.89. The molecule has 1 aromatic carbocycles. The van der Waals surface area contributed by atoms with Crippen molar-refractivity contribution in [3.63, 3.8) is 0 Å². The summed E-state index contributed by atoms with van der Waals surface area (Å²) in [5, 5.41) is 9.22. The van der Waals surface area contributed by atoms with Crippen LogP contribution in [0.1, 0.15) is 6.42 Å². The van der Waals surface area contributed by atoms with Crippen molar-refractivity contribution in [1.29, 1.82) is 0 Å². The number of anilines is 1. The summed E-state index contributed by atoms with van der Waals surface area (Å²) >= 11 is 0. The van der Waals surface area contributed by atoms with Crippen molar-refractivity contribution < 1.29 is 19.3 Å². The molecule has 1 unspecified atom stereocenters. The number of hydrogen-bond donors (Lipinski definition) is 1. The Labute approximate surface area is 113 Å². The van der Waals surface area contributed by atoms with E-state index < -0.39 is 0 Å². The zero-order valence-electron chi connectivity index (χ0n) is 11.7. The van der Waals surface area contributed by atoms with E-state index in [0.717, 1.165) is 25.2 Å². The van der Waals surface area contributed by atoms with Gasteiger partial charge in [0, 0.05) is 43.4 Å². The maximum atomic E-state index is 9.22. The summed E-state index contributed by atoms with van der Waals surface area (Å²) in [7, 11) is 4.82. The first-order valence-electron chi connectivity index (χ1n) is 6.39. The third-order valence-corrected chi connectivity index (χ3v) is 3.56. The summed E-state index contributed by atoms with van der Waals surface area (Å²) in [4.78, 5) is 2.23. The molecule has 0 amide bonds. The van der Waals surface area contributed by atoms with Gasteiger partial charge in [-0.2, -0.15) is 0 Å². The number of methoxy groups -OCH3 is 3. The van der Waals surface area contributed by atoms with E-state index in [1.54, 1.807) is 21.3 Å². The Kier molecular flexibility index (Phi) is 4.37. The first kappa shape index (κ1) is 13.8. The number of nitrogens with zero attached hydrogens (tertiary/aromatic N) is 1. The second-order valence-corrected chi connectivity index (χ2v) is 4.67. The molecule has 5 nitrogen and oxygen atoms in total. The van der Waals surface area contributed by atoms with Crippen molar-refractivity contribution >= 4 is 5.69 Å². The lowest BCUT2D eigenvalue weighted by molar-refractivity contribution is 0.238. The number of benzene rings is 1. The third kappa shape index (κ3) is 2.71. The predicted octanol–water partition coefficient (Wildman–Crippen LogP) is 1.53. The number of hydrogen-bond acceptors (Lipinski definition) is 5. The van der Waals surface area contributed by atoms with Crippen LogP contribution in [0.2, 0.25) is 0 Å². The van der Waals surface area contributed by atoms with Gasteiger partial charge in [-0.15, -0.1) is 0 Å². The molecule has 106 valence electrons. The number of ether oxygens (including phenoxy) is 3. The van der Waals surface area contributed by atoms with Gasteiger partial charge in [0.15, 0.2) is 11.5 Å². The van der Waals surface area contributed by atoms with Gasteiger partial charge in [0.2, 0.25) is 5.75 Å². The molecule has 19 heavy (non-hydrogen) atoms. The van der Waals surface area contributed by atoms with Crippen LogP contribution in [-0.4, -0.2) is 46.1 Å². The predicted molar refractivity (Wildman–Crippen MR) is 73.5 cm³/mol. The van der Waals surface area contributed by atoms with Crippen LogP contribution in [0.15, 0.2) is 12.1 Å². The fourth-order valence-electron chi connectivity index (χ4n) is 2.47. The summed E-state index contributed by atoms with van der Waals surface area (Å²) in [5.41, 5.74) is 1.03. The molecule has 0 aromatic heterocycles. The fourth-order valence-corrected chi connectivity index (χ4v) is 2.47. The monoisotopic (exact) mass is 267 g/mol. The lowest BCUT2D eigenvalue weighted by Crippen LogP contribution is -2.20. The van der Waals surface area contributed by atoms with Crippen molar-refractivity contribution in [2.24, 2.45) is 5.92 Å². The highest BCUT2D eigenvalue weighted by molar-refractivity contribution is 5.64. The van der Waals surface area contributed by atoms with Gasteiger partial charge in [-0.3, -0.25) is 0 Å². The molecular weight excluding hydrogens is 246 g/mol. The molecule has 0 radical (unpaired) electrons. The van der Waals surface area contributed by atoms with E-state index in [0.29, 0.717) is 23.2 Å². The zero-order valence-corrected chi connectivity index (χ0v) is 11.7. The molecule has 0 saturated carbocycles. The SMILES string of the molecule is COc1cc(N2CCC(CO)C2)cc(OC)c1OC. The Morgan fingerprint density at radius 3 is 2.21 bits per heavy atom. The molecule has 0 bridgehead atoms. The molecule has 1 heterocycles.